The van der Waals surface area contributed by atoms with Gasteiger partial charge in [-0.15, -0.1) is 0 Å². The maximum absolute atomic E-state index is 14.7. The first-order valence-corrected chi connectivity index (χ1v) is 9.20. The second-order valence-corrected chi connectivity index (χ2v) is 7.93. The smallest absolute Gasteiger partial charge is 0.410 e. The average Bonchev–Trinajstić information content (AvgIpc) is 2.60. The summed E-state index contributed by atoms with van der Waals surface area (Å²) in [6.45, 7) is 6.29. The minimum absolute atomic E-state index is 0.303. The summed E-state index contributed by atoms with van der Waals surface area (Å²) in [6.07, 6.45) is 0.192. The highest BCUT2D eigenvalue weighted by Crippen LogP contribution is 2.40. The lowest BCUT2D eigenvalue weighted by Gasteiger charge is -2.33. The number of rotatable bonds is 2. The number of amides is 1. The highest BCUT2D eigenvalue weighted by atomic mass is 35.5. The minimum atomic E-state index is -0.580. The molecule has 1 aliphatic heterocycles. The second-order valence-electron chi connectivity index (χ2n) is 7.52. The Balaban J connectivity index is 2.06. The summed E-state index contributed by atoms with van der Waals surface area (Å²) < 4.78 is 25.5. The number of methoxy groups -OCH3 is 1. The van der Waals surface area contributed by atoms with Crippen LogP contribution in [0.5, 0.6) is 5.75 Å². The van der Waals surface area contributed by atoms with Crippen LogP contribution in [-0.2, 0) is 17.7 Å². The molecule has 0 atom stereocenters. The highest BCUT2D eigenvalue weighted by Gasteiger charge is 2.29. The van der Waals surface area contributed by atoms with Crippen molar-refractivity contribution in [3.63, 3.8) is 0 Å². The molecule has 3 rings (SSSR count). The van der Waals surface area contributed by atoms with Crippen LogP contribution in [0.4, 0.5) is 9.18 Å². The zero-order chi connectivity index (χ0) is 19.8. The lowest BCUT2D eigenvalue weighted by Crippen LogP contribution is -2.40. The molecule has 6 heteroatoms. The number of hydrogen-bond acceptors (Lipinski definition) is 3. The molecule has 0 saturated heterocycles. The predicted octanol–water partition coefficient (Wildman–Crippen LogP) is 5.45. The van der Waals surface area contributed by atoms with Crippen molar-refractivity contribution in [2.24, 2.45) is 0 Å². The number of halogens is 2. The van der Waals surface area contributed by atoms with Crippen molar-refractivity contribution < 1.29 is 18.7 Å². The third-order valence-electron chi connectivity index (χ3n) is 4.47. The lowest BCUT2D eigenvalue weighted by molar-refractivity contribution is 0.0224. The van der Waals surface area contributed by atoms with Crippen molar-refractivity contribution in [2.75, 3.05) is 13.7 Å². The van der Waals surface area contributed by atoms with Gasteiger partial charge in [0.1, 0.15) is 17.2 Å². The first-order valence-electron chi connectivity index (χ1n) is 8.82. The van der Waals surface area contributed by atoms with E-state index in [1.807, 2.05) is 20.8 Å². The number of carbonyl (C=O) groups excluding carboxylic acids is 1. The first kappa shape index (κ1) is 19.5. The summed E-state index contributed by atoms with van der Waals surface area (Å²) in [5.41, 5.74) is 2.22. The third-order valence-corrected chi connectivity index (χ3v) is 4.83. The molecule has 0 saturated carbocycles. The molecular formula is C21H23ClFNO3. The van der Waals surface area contributed by atoms with Crippen molar-refractivity contribution >= 4 is 17.7 Å². The third kappa shape index (κ3) is 4.03. The normalized spacial score (nSPS) is 13.9. The Bertz CT molecular complexity index is 876. The van der Waals surface area contributed by atoms with E-state index >= 15 is 0 Å². The molecule has 0 aromatic heterocycles. The molecule has 0 aliphatic carbocycles. The number of carbonyl (C=O) groups is 1. The molecule has 0 radical (unpaired) electrons. The zero-order valence-electron chi connectivity index (χ0n) is 15.9. The Morgan fingerprint density at radius 3 is 2.59 bits per heavy atom. The number of benzene rings is 2. The Morgan fingerprint density at radius 1 is 1.19 bits per heavy atom. The van der Waals surface area contributed by atoms with E-state index in [9.17, 15) is 9.18 Å². The summed E-state index contributed by atoms with van der Waals surface area (Å²) >= 11 is 6.39. The average molecular weight is 392 g/mol. The Kier molecular flexibility index (Phi) is 5.33. The molecule has 1 aliphatic rings. The zero-order valence-corrected chi connectivity index (χ0v) is 16.7. The fourth-order valence-corrected chi connectivity index (χ4v) is 3.56. The van der Waals surface area contributed by atoms with E-state index in [2.05, 4.69) is 0 Å². The Labute approximate surface area is 163 Å². The maximum atomic E-state index is 14.7. The summed E-state index contributed by atoms with van der Waals surface area (Å²) in [5, 5.41) is 0.618. The Hall–Kier alpha value is -2.27. The molecule has 4 nitrogen and oxygen atoms in total. The van der Waals surface area contributed by atoms with Gasteiger partial charge in [0.15, 0.2) is 0 Å². The van der Waals surface area contributed by atoms with Gasteiger partial charge in [-0.1, -0.05) is 23.7 Å². The first-order chi connectivity index (χ1) is 12.7. The minimum Gasteiger partial charge on any atom is -0.496 e. The fraction of sp³-hybridized carbons (Fsp3) is 0.381. The standard InChI is InChI=1S/C21H23ClFNO3/c1-21(2,3)27-20(25)24-11-10-13-15(12-24)14(8-9-16(13)22)19-17(23)6-5-7-18(19)26-4/h5-9H,10-12H2,1-4H3. The number of fused-ring (bicyclic) bond motifs is 1. The molecule has 0 unspecified atom stereocenters. The summed E-state index contributed by atoms with van der Waals surface area (Å²) in [7, 11) is 1.51. The van der Waals surface area contributed by atoms with Gasteiger partial charge in [0.2, 0.25) is 0 Å². The van der Waals surface area contributed by atoms with Crippen LogP contribution in [0.3, 0.4) is 0 Å². The van der Waals surface area contributed by atoms with E-state index in [0.717, 1.165) is 11.1 Å². The van der Waals surface area contributed by atoms with E-state index in [1.54, 1.807) is 29.2 Å². The van der Waals surface area contributed by atoms with Crippen LogP contribution in [0.2, 0.25) is 5.02 Å². The van der Waals surface area contributed by atoms with Crippen LogP contribution in [-0.4, -0.2) is 30.2 Å². The van der Waals surface area contributed by atoms with E-state index in [0.29, 0.717) is 41.4 Å². The fourth-order valence-electron chi connectivity index (χ4n) is 3.28. The molecule has 0 N–H and O–H groups in total. The van der Waals surface area contributed by atoms with Gasteiger partial charge in [-0.05, 0) is 62.1 Å². The van der Waals surface area contributed by atoms with Gasteiger partial charge in [0.25, 0.3) is 0 Å². The van der Waals surface area contributed by atoms with E-state index in [-0.39, 0.29) is 11.9 Å². The predicted molar refractivity (Wildman–Crippen MR) is 104 cm³/mol. The van der Waals surface area contributed by atoms with Crippen LogP contribution in [0.25, 0.3) is 11.1 Å². The van der Waals surface area contributed by atoms with E-state index < -0.39 is 5.60 Å². The number of ether oxygens (including phenoxy) is 2. The van der Waals surface area contributed by atoms with Crippen LogP contribution in [0.1, 0.15) is 31.9 Å². The number of hydrogen-bond donors (Lipinski definition) is 0. The molecule has 144 valence electrons. The SMILES string of the molecule is COc1cccc(F)c1-c1ccc(Cl)c2c1CN(C(=O)OC(C)(C)C)CC2. The van der Waals surface area contributed by atoms with Crippen molar-refractivity contribution in [1.29, 1.82) is 0 Å². The monoisotopic (exact) mass is 391 g/mol. The van der Waals surface area contributed by atoms with Gasteiger partial charge >= 0.3 is 6.09 Å². The maximum Gasteiger partial charge on any atom is 0.410 e. The molecule has 2 aromatic rings. The molecule has 0 bridgehead atoms. The molecule has 2 aromatic carbocycles. The second kappa shape index (κ2) is 7.39. The summed E-state index contributed by atoms with van der Waals surface area (Å²) in [4.78, 5) is 14.1. The van der Waals surface area contributed by atoms with Crippen molar-refractivity contribution in [1.82, 2.24) is 4.90 Å². The van der Waals surface area contributed by atoms with Gasteiger partial charge in [-0.2, -0.15) is 0 Å². The van der Waals surface area contributed by atoms with E-state index in [1.165, 1.54) is 13.2 Å². The van der Waals surface area contributed by atoms with Crippen LogP contribution >= 0.6 is 11.6 Å². The largest absolute Gasteiger partial charge is 0.496 e. The van der Waals surface area contributed by atoms with Crippen LogP contribution < -0.4 is 4.74 Å². The Morgan fingerprint density at radius 2 is 1.93 bits per heavy atom. The van der Waals surface area contributed by atoms with Gasteiger partial charge in [-0.3, -0.25) is 0 Å². The van der Waals surface area contributed by atoms with Gasteiger partial charge in [-0.25, -0.2) is 9.18 Å². The van der Waals surface area contributed by atoms with Gasteiger partial charge in [0.05, 0.1) is 12.7 Å². The van der Waals surface area contributed by atoms with Crippen molar-refractivity contribution in [2.45, 2.75) is 39.3 Å². The molecule has 0 fully saturated rings. The number of nitrogens with zero attached hydrogens (tertiary/aromatic N) is 1. The summed E-state index contributed by atoms with van der Waals surface area (Å²) in [5.74, 6) is 0.0576. The van der Waals surface area contributed by atoms with Gasteiger partial charge < -0.3 is 14.4 Å². The molecule has 1 heterocycles. The topological polar surface area (TPSA) is 38.8 Å². The molecule has 27 heavy (non-hydrogen) atoms. The molecule has 0 spiro atoms. The quantitative estimate of drug-likeness (QED) is 0.683. The van der Waals surface area contributed by atoms with Crippen molar-refractivity contribution in [3.8, 4) is 16.9 Å². The molecular weight excluding hydrogens is 369 g/mol. The van der Waals surface area contributed by atoms with Crippen LogP contribution in [0, 0.1) is 5.82 Å². The highest BCUT2D eigenvalue weighted by molar-refractivity contribution is 6.31. The lowest BCUT2D eigenvalue weighted by atomic mass is 9.90. The van der Waals surface area contributed by atoms with E-state index in [4.69, 9.17) is 21.1 Å². The van der Waals surface area contributed by atoms with Crippen molar-refractivity contribution in [3.05, 3.63) is 52.3 Å². The molecule has 1 amide bonds. The summed E-state index contributed by atoms with van der Waals surface area (Å²) in [6, 6.07) is 8.26. The van der Waals surface area contributed by atoms with Gasteiger partial charge in [0, 0.05) is 18.1 Å². The van der Waals surface area contributed by atoms with Crippen LogP contribution in [0.15, 0.2) is 30.3 Å².